The maximum absolute atomic E-state index is 11.9. The van der Waals surface area contributed by atoms with Gasteiger partial charge in [0.25, 0.3) is 0 Å². The van der Waals surface area contributed by atoms with Gasteiger partial charge < -0.3 is 10.4 Å². The summed E-state index contributed by atoms with van der Waals surface area (Å²) in [5.41, 5.74) is 0. The fraction of sp³-hybridized carbons (Fsp3) is 0.333. The summed E-state index contributed by atoms with van der Waals surface area (Å²) in [6, 6.07) is 3.28. The molecule has 0 bridgehead atoms. The summed E-state index contributed by atoms with van der Waals surface area (Å²) in [6.07, 6.45) is 2.21. The Morgan fingerprint density at radius 3 is 2.77 bits per heavy atom. The van der Waals surface area contributed by atoms with Gasteiger partial charge in [-0.2, -0.15) is 0 Å². The third kappa shape index (κ3) is 4.58. The Morgan fingerprint density at radius 2 is 2.09 bits per heavy atom. The van der Waals surface area contributed by atoms with Crippen molar-refractivity contribution in [3.05, 3.63) is 28.1 Å². The van der Waals surface area contributed by atoms with Gasteiger partial charge in [-0.3, -0.25) is 4.79 Å². The van der Waals surface area contributed by atoms with Gasteiger partial charge in [0, 0.05) is 35.8 Å². The highest BCUT2D eigenvalue weighted by molar-refractivity contribution is 7.91. The third-order valence-corrected chi connectivity index (χ3v) is 6.44. The summed E-state index contributed by atoms with van der Waals surface area (Å²) < 4.78 is 26.3. The number of hydrogen-bond acceptors (Lipinski definition) is 7. The van der Waals surface area contributed by atoms with Crippen molar-refractivity contribution in [1.29, 1.82) is 0 Å². The van der Waals surface area contributed by atoms with E-state index < -0.39 is 10.0 Å². The molecular weight excluding hydrogens is 346 g/mol. The Labute approximate surface area is 136 Å². The van der Waals surface area contributed by atoms with E-state index in [1.807, 2.05) is 0 Å². The second kappa shape index (κ2) is 7.29. The van der Waals surface area contributed by atoms with Crippen LogP contribution in [0.2, 0.25) is 0 Å². The summed E-state index contributed by atoms with van der Waals surface area (Å²) in [6.45, 7) is 1.16. The zero-order valence-corrected chi connectivity index (χ0v) is 14.1. The number of thiazole rings is 1. The molecule has 0 saturated carbocycles. The minimum atomic E-state index is -3.57. The Kier molecular flexibility index (Phi) is 5.64. The first kappa shape index (κ1) is 17.0. The molecule has 1 amide bonds. The smallest absolute Gasteiger partial charge is 0.250 e. The molecule has 2 aromatic rings. The van der Waals surface area contributed by atoms with Crippen LogP contribution < -0.4 is 10.0 Å². The summed E-state index contributed by atoms with van der Waals surface area (Å²) >= 11 is 2.52. The molecule has 0 aromatic carbocycles. The fourth-order valence-electron chi connectivity index (χ4n) is 1.62. The van der Waals surface area contributed by atoms with Gasteiger partial charge in [0.05, 0.1) is 6.61 Å². The van der Waals surface area contributed by atoms with Crippen LogP contribution in [0.5, 0.6) is 0 Å². The molecule has 3 N–H and O–H groups in total. The highest BCUT2D eigenvalue weighted by Gasteiger charge is 2.16. The quantitative estimate of drug-likeness (QED) is 0.682. The van der Waals surface area contributed by atoms with E-state index in [4.69, 9.17) is 5.11 Å². The molecule has 2 rings (SSSR count). The van der Waals surface area contributed by atoms with Crippen LogP contribution in [0.3, 0.4) is 0 Å². The molecule has 7 nitrogen and oxygen atoms in total. The van der Waals surface area contributed by atoms with Crippen LogP contribution in [0.25, 0.3) is 0 Å². The largest absolute Gasteiger partial charge is 0.395 e. The van der Waals surface area contributed by atoms with Gasteiger partial charge in [0.2, 0.25) is 15.9 Å². The van der Waals surface area contributed by atoms with Gasteiger partial charge in [-0.05, 0) is 12.1 Å². The minimum Gasteiger partial charge on any atom is -0.395 e. The highest BCUT2D eigenvalue weighted by atomic mass is 32.2. The molecule has 22 heavy (non-hydrogen) atoms. The average molecular weight is 361 g/mol. The van der Waals surface area contributed by atoms with Gasteiger partial charge in [0.1, 0.15) is 4.21 Å². The first-order valence-corrected chi connectivity index (χ1v) is 9.44. The molecule has 0 aliphatic rings. The lowest BCUT2D eigenvalue weighted by molar-refractivity contribution is -0.114. The summed E-state index contributed by atoms with van der Waals surface area (Å²) in [7, 11) is -3.57. The normalized spacial score (nSPS) is 11.5. The lowest BCUT2D eigenvalue weighted by Crippen LogP contribution is -2.25. The van der Waals surface area contributed by atoms with E-state index in [0.717, 1.165) is 9.75 Å². The van der Waals surface area contributed by atoms with Crippen molar-refractivity contribution < 1.29 is 18.3 Å². The topological polar surface area (TPSA) is 108 Å². The third-order valence-electron chi connectivity index (χ3n) is 2.49. The molecule has 0 saturated heterocycles. The van der Waals surface area contributed by atoms with Crippen LogP contribution >= 0.6 is 22.7 Å². The number of sulfonamides is 1. The van der Waals surface area contributed by atoms with E-state index in [1.54, 1.807) is 12.3 Å². The number of thiophene rings is 1. The Hall–Kier alpha value is -1.33. The zero-order chi connectivity index (χ0) is 16.2. The summed E-state index contributed by atoms with van der Waals surface area (Å²) in [5.74, 6) is -0.180. The van der Waals surface area contributed by atoms with Gasteiger partial charge >= 0.3 is 0 Å². The number of aromatic nitrogens is 1. The van der Waals surface area contributed by atoms with E-state index in [1.165, 1.54) is 35.7 Å². The van der Waals surface area contributed by atoms with Crippen LogP contribution in [0, 0.1) is 0 Å². The van der Waals surface area contributed by atoms with Crippen LogP contribution in [0.4, 0.5) is 5.13 Å². The first-order valence-electron chi connectivity index (χ1n) is 6.32. The molecule has 0 fully saturated rings. The Bertz CT molecular complexity index is 751. The van der Waals surface area contributed by atoms with E-state index in [0.29, 0.717) is 11.6 Å². The fourth-order valence-corrected chi connectivity index (χ4v) is 5.04. The number of anilines is 1. The van der Waals surface area contributed by atoms with Crippen molar-refractivity contribution in [3.8, 4) is 0 Å². The van der Waals surface area contributed by atoms with E-state index in [9.17, 15) is 13.2 Å². The molecule has 120 valence electrons. The number of carbonyl (C=O) groups is 1. The van der Waals surface area contributed by atoms with E-state index >= 15 is 0 Å². The summed E-state index contributed by atoms with van der Waals surface area (Å²) in [5, 5.41) is 11.8. The van der Waals surface area contributed by atoms with Crippen molar-refractivity contribution in [2.75, 3.05) is 18.5 Å². The highest BCUT2D eigenvalue weighted by Crippen LogP contribution is 2.27. The Morgan fingerprint density at radius 1 is 1.32 bits per heavy atom. The number of nitrogens with zero attached hydrogens (tertiary/aromatic N) is 1. The average Bonchev–Trinajstić information content (AvgIpc) is 3.06. The molecule has 10 heteroatoms. The Balaban J connectivity index is 2.06. The standard InChI is InChI=1S/C12H15N3O4S3/c1-8(17)15-12-13-7-10(21-12)6-9-2-3-11(20-9)22(18,19)14-4-5-16/h2-3,7,14,16H,4-6H2,1H3,(H,13,15,17). The second-order valence-electron chi connectivity index (χ2n) is 4.33. The van der Waals surface area contributed by atoms with Gasteiger partial charge in [-0.25, -0.2) is 18.1 Å². The number of aliphatic hydroxyl groups excluding tert-OH is 1. The van der Waals surface area contributed by atoms with Crippen LogP contribution in [0.1, 0.15) is 16.7 Å². The number of nitrogens with one attached hydrogen (secondary N) is 2. The van der Waals surface area contributed by atoms with E-state index in [-0.39, 0.29) is 23.3 Å². The molecule has 0 aliphatic heterocycles. The van der Waals surface area contributed by atoms with Crippen LogP contribution in [-0.4, -0.2) is 37.6 Å². The molecular formula is C12H15N3O4S3. The van der Waals surface area contributed by atoms with Crippen molar-refractivity contribution in [1.82, 2.24) is 9.71 Å². The molecule has 0 aliphatic carbocycles. The minimum absolute atomic E-state index is 0.00944. The van der Waals surface area contributed by atoms with Gasteiger partial charge in [0.15, 0.2) is 5.13 Å². The van der Waals surface area contributed by atoms with E-state index in [2.05, 4.69) is 15.0 Å². The summed E-state index contributed by atoms with van der Waals surface area (Å²) in [4.78, 5) is 16.8. The second-order valence-corrected chi connectivity index (χ2v) is 8.61. The molecule has 2 aromatic heterocycles. The van der Waals surface area contributed by atoms with Crippen molar-refractivity contribution >= 4 is 43.7 Å². The van der Waals surface area contributed by atoms with Crippen LogP contribution in [0.15, 0.2) is 22.5 Å². The number of hydrogen-bond donors (Lipinski definition) is 3. The molecule has 0 spiro atoms. The first-order chi connectivity index (χ1) is 10.4. The lowest BCUT2D eigenvalue weighted by Gasteiger charge is -2.01. The van der Waals surface area contributed by atoms with Crippen molar-refractivity contribution in [2.24, 2.45) is 0 Å². The number of carbonyl (C=O) groups excluding carboxylic acids is 1. The predicted octanol–water partition coefficient (Wildman–Crippen LogP) is 1.02. The SMILES string of the molecule is CC(=O)Nc1ncc(Cc2ccc(S(=O)(=O)NCCO)s2)s1. The molecule has 2 heterocycles. The molecule has 0 atom stereocenters. The zero-order valence-electron chi connectivity index (χ0n) is 11.7. The van der Waals surface area contributed by atoms with Crippen LogP contribution in [-0.2, 0) is 21.2 Å². The predicted molar refractivity (Wildman–Crippen MR) is 85.8 cm³/mol. The van der Waals surface area contributed by atoms with Gasteiger partial charge in [-0.15, -0.1) is 22.7 Å². The van der Waals surface area contributed by atoms with Crippen molar-refractivity contribution in [2.45, 2.75) is 17.6 Å². The maximum atomic E-state index is 11.9. The molecule has 0 radical (unpaired) electrons. The number of amides is 1. The monoisotopic (exact) mass is 361 g/mol. The van der Waals surface area contributed by atoms with Crippen molar-refractivity contribution in [3.63, 3.8) is 0 Å². The number of aliphatic hydroxyl groups is 1. The maximum Gasteiger partial charge on any atom is 0.250 e. The van der Waals surface area contributed by atoms with Gasteiger partial charge in [-0.1, -0.05) is 0 Å². The molecule has 0 unspecified atom stereocenters. The lowest BCUT2D eigenvalue weighted by atomic mass is 10.3. The number of rotatable bonds is 7.